The number of hydrogen-bond acceptors (Lipinski definition) is 6. The summed E-state index contributed by atoms with van der Waals surface area (Å²) < 4.78 is 5.27. The van der Waals surface area contributed by atoms with E-state index < -0.39 is 11.9 Å². The number of thiophene rings is 1. The van der Waals surface area contributed by atoms with Crippen LogP contribution in [-0.2, 0) is 15.3 Å². The van der Waals surface area contributed by atoms with Crippen LogP contribution < -0.4 is 5.32 Å². The van der Waals surface area contributed by atoms with E-state index >= 15 is 0 Å². The van der Waals surface area contributed by atoms with Crippen LogP contribution in [0.1, 0.15) is 30.2 Å². The molecular formula is C21H19ClN2O2S2. The number of hydrogen-bond donors (Lipinski definition) is 1. The molecule has 1 atom stereocenters. The van der Waals surface area contributed by atoms with Gasteiger partial charge in [0.1, 0.15) is 0 Å². The molecule has 1 aromatic heterocycles. The molecule has 0 spiro atoms. The number of ether oxygens (including phenoxy) is 1. The van der Waals surface area contributed by atoms with Crippen LogP contribution in [0, 0.1) is 11.3 Å². The first-order valence-electron chi connectivity index (χ1n) is 8.75. The van der Waals surface area contributed by atoms with Crippen LogP contribution in [-0.4, -0.2) is 12.6 Å². The van der Waals surface area contributed by atoms with Crippen molar-refractivity contribution in [1.29, 1.82) is 5.26 Å². The van der Waals surface area contributed by atoms with Gasteiger partial charge in [0.25, 0.3) is 0 Å². The lowest BCUT2D eigenvalue weighted by molar-refractivity contribution is -0.138. The number of thioether (sulfide) groups is 1. The van der Waals surface area contributed by atoms with E-state index in [-0.39, 0.29) is 6.61 Å². The summed E-state index contributed by atoms with van der Waals surface area (Å²) in [6, 6.07) is 13.7. The molecule has 0 fully saturated rings. The van der Waals surface area contributed by atoms with Crippen molar-refractivity contribution in [2.45, 2.75) is 25.5 Å². The molecule has 1 aliphatic rings. The third-order valence-corrected chi connectivity index (χ3v) is 6.77. The maximum Gasteiger partial charge on any atom is 0.336 e. The van der Waals surface area contributed by atoms with Crippen molar-refractivity contribution in [3.05, 3.63) is 79.1 Å². The Morgan fingerprint density at radius 1 is 1.36 bits per heavy atom. The maximum absolute atomic E-state index is 12.7. The topological polar surface area (TPSA) is 62.1 Å². The highest BCUT2D eigenvalue weighted by Crippen LogP contribution is 2.43. The molecule has 0 aliphatic carbocycles. The van der Waals surface area contributed by atoms with E-state index in [0.717, 1.165) is 16.3 Å². The lowest BCUT2D eigenvalue weighted by atomic mass is 9.82. The fraction of sp³-hybridized carbons (Fsp3) is 0.238. The monoisotopic (exact) mass is 430 g/mol. The van der Waals surface area contributed by atoms with Gasteiger partial charge >= 0.3 is 5.97 Å². The number of allylic oxidation sites excluding steroid dienone is 2. The van der Waals surface area contributed by atoms with Crippen molar-refractivity contribution in [1.82, 2.24) is 5.32 Å². The summed E-state index contributed by atoms with van der Waals surface area (Å²) in [4.78, 5) is 13.9. The molecule has 1 aromatic carbocycles. The number of dihydropyridines is 1. The molecule has 0 bridgehead atoms. The van der Waals surface area contributed by atoms with Gasteiger partial charge in [0.05, 0.1) is 34.8 Å². The summed E-state index contributed by atoms with van der Waals surface area (Å²) in [5, 5.41) is 16.5. The number of halogens is 1. The maximum atomic E-state index is 12.7. The van der Waals surface area contributed by atoms with Crippen LogP contribution in [0.3, 0.4) is 0 Å². The molecule has 0 radical (unpaired) electrons. The summed E-state index contributed by atoms with van der Waals surface area (Å²) in [5.41, 5.74) is 2.30. The van der Waals surface area contributed by atoms with Gasteiger partial charge in [0, 0.05) is 21.3 Å². The second kappa shape index (κ2) is 9.33. The van der Waals surface area contributed by atoms with E-state index in [1.807, 2.05) is 36.6 Å². The molecule has 0 saturated carbocycles. The first kappa shape index (κ1) is 20.5. The van der Waals surface area contributed by atoms with Crippen LogP contribution in [0.25, 0.3) is 0 Å². The zero-order chi connectivity index (χ0) is 20.1. The summed E-state index contributed by atoms with van der Waals surface area (Å²) in [7, 11) is 0. The van der Waals surface area contributed by atoms with Crippen molar-refractivity contribution in [3.63, 3.8) is 0 Å². The third kappa shape index (κ3) is 4.27. The Bertz CT molecular complexity index is 975. The number of carbonyl (C=O) groups excluding carboxylic acids is 1. The van der Waals surface area contributed by atoms with Gasteiger partial charge in [-0.05, 0) is 36.9 Å². The van der Waals surface area contributed by atoms with Gasteiger partial charge in [-0.1, -0.05) is 35.9 Å². The SMILES string of the molecule is CCOC(=O)C1=C(C)NC(SCc2cccs2)=C(C#N)C1c1ccccc1Cl. The standard InChI is InChI=1S/C21H19ClN2O2S2/c1-3-26-21(25)18-13(2)24-20(28-12-14-7-6-10-27-14)16(11-23)19(18)15-8-4-5-9-17(15)22/h4-10,19,24H,3,12H2,1-2H3. The molecule has 1 unspecified atom stereocenters. The fourth-order valence-corrected chi connectivity index (χ4v) is 5.17. The number of carbonyl (C=O) groups is 1. The Hall–Kier alpha value is -2.20. The molecular weight excluding hydrogens is 412 g/mol. The van der Waals surface area contributed by atoms with E-state index in [2.05, 4.69) is 17.5 Å². The number of nitrogens with one attached hydrogen (secondary N) is 1. The molecule has 7 heteroatoms. The van der Waals surface area contributed by atoms with Gasteiger partial charge in [-0.3, -0.25) is 0 Å². The average molecular weight is 431 g/mol. The molecule has 1 N–H and O–H groups in total. The van der Waals surface area contributed by atoms with E-state index in [9.17, 15) is 10.1 Å². The van der Waals surface area contributed by atoms with Crippen LogP contribution in [0.2, 0.25) is 5.02 Å². The molecule has 3 rings (SSSR count). The molecule has 28 heavy (non-hydrogen) atoms. The third-order valence-electron chi connectivity index (χ3n) is 4.30. The first-order valence-corrected chi connectivity index (χ1v) is 11.0. The minimum absolute atomic E-state index is 0.260. The number of nitrogens with zero attached hydrogens (tertiary/aromatic N) is 1. The molecule has 2 aromatic rings. The van der Waals surface area contributed by atoms with Gasteiger partial charge in [-0.15, -0.1) is 23.1 Å². The number of rotatable bonds is 6. The predicted octanol–water partition coefficient (Wildman–Crippen LogP) is 5.59. The highest BCUT2D eigenvalue weighted by molar-refractivity contribution is 8.02. The summed E-state index contributed by atoms with van der Waals surface area (Å²) in [6.45, 7) is 3.85. The average Bonchev–Trinajstić information content (AvgIpc) is 3.20. The van der Waals surface area contributed by atoms with Gasteiger partial charge in [0.2, 0.25) is 0 Å². The van der Waals surface area contributed by atoms with Crippen molar-refractivity contribution >= 4 is 40.7 Å². The lowest BCUT2D eigenvalue weighted by Crippen LogP contribution is -2.29. The quantitative estimate of drug-likeness (QED) is 0.605. The minimum Gasteiger partial charge on any atom is -0.463 e. The van der Waals surface area contributed by atoms with Crippen molar-refractivity contribution in [2.75, 3.05) is 6.61 Å². The minimum atomic E-state index is -0.565. The lowest BCUT2D eigenvalue weighted by Gasteiger charge is -2.29. The zero-order valence-electron chi connectivity index (χ0n) is 15.5. The van der Waals surface area contributed by atoms with Gasteiger partial charge in [-0.25, -0.2) is 4.79 Å². The molecule has 4 nitrogen and oxygen atoms in total. The Kier molecular flexibility index (Phi) is 6.84. The van der Waals surface area contributed by atoms with E-state index in [1.165, 1.54) is 4.88 Å². The molecule has 1 aliphatic heterocycles. The van der Waals surface area contributed by atoms with E-state index in [4.69, 9.17) is 16.3 Å². The predicted molar refractivity (Wildman–Crippen MR) is 115 cm³/mol. The fourth-order valence-electron chi connectivity index (χ4n) is 3.06. The number of benzene rings is 1. The highest BCUT2D eigenvalue weighted by Gasteiger charge is 2.36. The molecule has 144 valence electrons. The Labute approximate surface area is 177 Å². The Balaban J connectivity index is 2.07. The second-order valence-electron chi connectivity index (χ2n) is 6.06. The molecule has 0 saturated heterocycles. The molecule has 2 heterocycles. The first-order chi connectivity index (χ1) is 13.6. The van der Waals surface area contributed by atoms with Crippen LogP contribution in [0.5, 0.6) is 0 Å². The normalized spacial score (nSPS) is 16.6. The summed E-state index contributed by atoms with van der Waals surface area (Å²) >= 11 is 9.67. The van der Waals surface area contributed by atoms with Crippen molar-refractivity contribution in [2.24, 2.45) is 0 Å². The second-order valence-corrected chi connectivity index (χ2v) is 8.49. The van der Waals surface area contributed by atoms with Gasteiger partial charge in [0.15, 0.2) is 0 Å². The van der Waals surface area contributed by atoms with Gasteiger partial charge < -0.3 is 10.1 Å². The summed E-state index contributed by atoms with van der Waals surface area (Å²) in [6.07, 6.45) is 0. The Morgan fingerprint density at radius 3 is 2.79 bits per heavy atom. The largest absolute Gasteiger partial charge is 0.463 e. The van der Waals surface area contributed by atoms with Crippen LogP contribution >= 0.6 is 34.7 Å². The smallest absolute Gasteiger partial charge is 0.336 e. The van der Waals surface area contributed by atoms with Crippen molar-refractivity contribution in [3.8, 4) is 6.07 Å². The van der Waals surface area contributed by atoms with E-state index in [1.54, 1.807) is 36.1 Å². The number of nitriles is 1. The van der Waals surface area contributed by atoms with E-state index in [0.29, 0.717) is 21.9 Å². The van der Waals surface area contributed by atoms with Crippen LogP contribution in [0.4, 0.5) is 0 Å². The summed E-state index contributed by atoms with van der Waals surface area (Å²) in [5.74, 6) is -0.264. The number of esters is 1. The highest BCUT2D eigenvalue weighted by atomic mass is 35.5. The van der Waals surface area contributed by atoms with Crippen molar-refractivity contribution < 1.29 is 9.53 Å². The van der Waals surface area contributed by atoms with Crippen LogP contribution in [0.15, 0.2) is 63.7 Å². The van der Waals surface area contributed by atoms with Gasteiger partial charge in [-0.2, -0.15) is 5.26 Å². The zero-order valence-corrected chi connectivity index (χ0v) is 17.9. The Morgan fingerprint density at radius 2 is 2.14 bits per heavy atom. The molecule has 0 amide bonds.